The van der Waals surface area contributed by atoms with Crippen molar-refractivity contribution in [1.82, 2.24) is 5.43 Å². The SMILES string of the molecule is COc1ccc(C)cc1N(CC(=O)N/N=C\c1cc(Br)c(OC)c(OC)c1)S(=O)(=O)c1ccccc1. The lowest BCUT2D eigenvalue weighted by atomic mass is 10.2. The number of amides is 1. The summed E-state index contributed by atoms with van der Waals surface area (Å²) in [6.45, 7) is 1.30. The van der Waals surface area contributed by atoms with Gasteiger partial charge in [0.25, 0.3) is 15.9 Å². The number of anilines is 1. The third kappa shape index (κ3) is 6.16. The molecule has 0 radical (unpaired) electrons. The minimum atomic E-state index is -4.09. The summed E-state index contributed by atoms with van der Waals surface area (Å²) >= 11 is 3.40. The van der Waals surface area contributed by atoms with Gasteiger partial charge in [0.05, 0.1) is 42.6 Å². The minimum absolute atomic E-state index is 0.0417. The highest BCUT2D eigenvalue weighted by Crippen LogP contribution is 2.36. The molecule has 0 fully saturated rings. The zero-order valence-electron chi connectivity index (χ0n) is 20.2. The fourth-order valence-electron chi connectivity index (χ4n) is 3.37. The van der Waals surface area contributed by atoms with E-state index in [0.717, 1.165) is 9.87 Å². The second-order valence-electron chi connectivity index (χ2n) is 7.53. The van der Waals surface area contributed by atoms with E-state index in [1.54, 1.807) is 48.5 Å². The first-order valence-electron chi connectivity index (χ1n) is 10.7. The highest BCUT2D eigenvalue weighted by atomic mass is 79.9. The van der Waals surface area contributed by atoms with Crippen LogP contribution in [0.1, 0.15) is 11.1 Å². The molecule has 0 saturated carbocycles. The number of hydrazone groups is 1. The van der Waals surface area contributed by atoms with Gasteiger partial charge in [0.15, 0.2) is 11.5 Å². The molecule has 0 saturated heterocycles. The van der Waals surface area contributed by atoms with Crippen molar-refractivity contribution in [3.63, 3.8) is 0 Å². The number of rotatable bonds is 10. The number of halogens is 1. The van der Waals surface area contributed by atoms with E-state index in [0.29, 0.717) is 27.3 Å². The zero-order valence-corrected chi connectivity index (χ0v) is 22.6. The van der Waals surface area contributed by atoms with Gasteiger partial charge in [-0.15, -0.1) is 0 Å². The van der Waals surface area contributed by atoms with Gasteiger partial charge < -0.3 is 14.2 Å². The quantitative estimate of drug-likeness (QED) is 0.288. The molecule has 0 spiro atoms. The molecule has 0 unspecified atom stereocenters. The molecule has 0 atom stereocenters. The maximum absolute atomic E-state index is 13.5. The van der Waals surface area contributed by atoms with E-state index in [-0.39, 0.29) is 10.6 Å². The summed E-state index contributed by atoms with van der Waals surface area (Å²) in [6.07, 6.45) is 1.41. The van der Waals surface area contributed by atoms with Crippen LogP contribution in [0.4, 0.5) is 5.69 Å². The van der Waals surface area contributed by atoms with Crippen LogP contribution in [0.15, 0.2) is 75.1 Å². The molecule has 11 heteroatoms. The van der Waals surface area contributed by atoms with E-state index in [1.807, 2.05) is 6.92 Å². The van der Waals surface area contributed by atoms with Crippen molar-refractivity contribution in [1.29, 1.82) is 0 Å². The van der Waals surface area contributed by atoms with Crippen LogP contribution in [-0.4, -0.2) is 48.4 Å². The molecular weight excluding hydrogens is 550 g/mol. The van der Waals surface area contributed by atoms with E-state index in [2.05, 4.69) is 26.5 Å². The number of nitrogens with zero attached hydrogens (tertiary/aromatic N) is 2. The Kier molecular flexibility index (Phi) is 8.94. The lowest BCUT2D eigenvalue weighted by Crippen LogP contribution is -2.39. The lowest BCUT2D eigenvalue weighted by Gasteiger charge is -2.25. The van der Waals surface area contributed by atoms with Crippen molar-refractivity contribution in [3.8, 4) is 17.2 Å². The van der Waals surface area contributed by atoms with Crippen LogP contribution < -0.4 is 23.9 Å². The predicted molar refractivity (Wildman–Crippen MR) is 142 cm³/mol. The summed E-state index contributed by atoms with van der Waals surface area (Å²) in [5.41, 5.74) is 4.05. The van der Waals surface area contributed by atoms with Gasteiger partial charge in [-0.25, -0.2) is 13.8 Å². The monoisotopic (exact) mass is 575 g/mol. The Hall–Kier alpha value is -3.57. The normalized spacial score (nSPS) is 11.2. The van der Waals surface area contributed by atoms with Crippen LogP contribution >= 0.6 is 15.9 Å². The van der Waals surface area contributed by atoms with E-state index in [4.69, 9.17) is 14.2 Å². The van der Waals surface area contributed by atoms with Crippen LogP contribution in [0.25, 0.3) is 0 Å². The predicted octanol–water partition coefficient (Wildman–Crippen LogP) is 4.13. The Labute approximate surface area is 218 Å². The van der Waals surface area contributed by atoms with Gasteiger partial charge in [0.1, 0.15) is 12.3 Å². The number of hydrogen-bond donors (Lipinski definition) is 1. The average Bonchev–Trinajstić information content (AvgIpc) is 2.87. The Morgan fingerprint density at radius 1 is 1.00 bits per heavy atom. The van der Waals surface area contributed by atoms with E-state index >= 15 is 0 Å². The molecule has 0 heterocycles. The molecule has 0 aliphatic carbocycles. The smallest absolute Gasteiger partial charge is 0.264 e. The third-order valence-electron chi connectivity index (χ3n) is 5.08. The second-order valence-corrected chi connectivity index (χ2v) is 10.2. The first-order valence-corrected chi connectivity index (χ1v) is 12.9. The number of hydrogen-bond acceptors (Lipinski definition) is 7. The topological polar surface area (TPSA) is 107 Å². The number of carbonyl (C=O) groups excluding carboxylic acids is 1. The van der Waals surface area contributed by atoms with Gasteiger partial charge in [-0.2, -0.15) is 5.10 Å². The van der Waals surface area contributed by atoms with E-state index in [9.17, 15) is 13.2 Å². The zero-order chi connectivity index (χ0) is 26.3. The lowest BCUT2D eigenvalue weighted by molar-refractivity contribution is -0.119. The summed E-state index contributed by atoms with van der Waals surface area (Å²) < 4.78 is 44.7. The Bertz CT molecular complexity index is 1360. The maximum atomic E-state index is 13.5. The summed E-state index contributed by atoms with van der Waals surface area (Å²) in [7, 11) is 0.375. The van der Waals surface area contributed by atoms with Crippen molar-refractivity contribution in [2.75, 3.05) is 32.2 Å². The molecule has 36 heavy (non-hydrogen) atoms. The van der Waals surface area contributed by atoms with Gasteiger partial charge >= 0.3 is 0 Å². The highest BCUT2D eigenvalue weighted by Gasteiger charge is 2.29. The summed E-state index contributed by atoms with van der Waals surface area (Å²) in [4.78, 5) is 12.9. The number of methoxy groups -OCH3 is 3. The van der Waals surface area contributed by atoms with E-state index < -0.39 is 22.5 Å². The molecule has 1 amide bonds. The summed E-state index contributed by atoms with van der Waals surface area (Å²) in [6, 6.07) is 16.4. The molecular formula is C25H26BrN3O6S. The Morgan fingerprint density at radius 2 is 1.69 bits per heavy atom. The third-order valence-corrected chi connectivity index (χ3v) is 7.44. The van der Waals surface area contributed by atoms with Gasteiger partial charge in [-0.05, 0) is 70.4 Å². The number of carbonyl (C=O) groups is 1. The molecule has 9 nitrogen and oxygen atoms in total. The largest absolute Gasteiger partial charge is 0.495 e. The second kappa shape index (κ2) is 11.9. The maximum Gasteiger partial charge on any atom is 0.264 e. The molecule has 0 aromatic heterocycles. The van der Waals surface area contributed by atoms with Crippen LogP contribution in [-0.2, 0) is 14.8 Å². The van der Waals surface area contributed by atoms with Gasteiger partial charge in [0, 0.05) is 0 Å². The van der Waals surface area contributed by atoms with Crippen molar-refractivity contribution < 1.29 is 27.4 Å². The molecule has 1 N–H and O–H groups in total. The molecule has 0 bridgehead atoms. The van der Waals surface area contributed by atoms with Crippen LogP contribution in [0.5, 0.6) is 17.2 Å². The Balaban J connectivity index is 1.89. The van der Waals surface area contributed by atoms with Gasteiger partial charge in [-0.3, -0.25) is 9.10 Å². The Morgan fingerprint density at radius 3 is 2.33 bits per heavy atom. The molecule has 0 aliphatic rings. The fourth-order valence-corrected chi connectivity index (χ4v) is 5.44. The molecule has 3 aromatic carbocycles. The van der Waals surface area contributed by atoms with Crippen molar-refractivity contribution >= 4 is 43.8 Å². The van der Waals surface area contributed by atoms with Crippen LogP contribution in [0.3, 0.4) is 0 Å². The number of aryl methyl sites for hydroxylation is 1. The minimum Gasteiger partial charge on any atom is -0.495 e. The van der Waals surface area contributed by atoms with Crippen LogP contribution in [0.2, 0.25) is 0 Å². The molecule has 3 rings (SSSR count). The average molecular weight is 576 g/mol. The van der Waals surface area contributed by atoms with Crippen molar-refractivity contribution in [2.45, 2.75) is 11.8 Å². The number of benzene rings is 3. The standard InChI is InChI=1S/C25H26BrN3O6S/c1-17-10-11-22(33-2)21(12-17)29(36(31,32)19-8-6-5-7-9-19)16-24(30)28-27-15-18-13-20(26)25(35-4)23(14-18)34-3/h5-15H,16H2,1-4H3,(H,28,30)/b27-15-. The van der Waals surface area contributed by atoms with Crippen LogP contribution in [0, 0.1) is 6.92 Å². The fraction of sp³-hybridized carbons (Fsp3) is 0.200. The molecule has 3 aromatic rings. The molecule has 190 valence electrons. The number of nitrogens with one attached hydrogen (secondary N) is 1. The summed E-state index contributed by atoms with van der Waals surface area (Å²) in [5.74, 6) is 0.666. The molecule has 0 aliphatic heterocycles. The van der Waals surface area contributed by atoms with Crippen molar-refractivity contribution in [2.24, 2.45) is 5.10 Å². The van der Waals surface area contributed by atoms with E-state index in [1.165, 1.54) is 39.7 Å². The first-order chi connectivity index (χ1) is 17.2. The highest BCUT2D eigenvalue weighted by molar-refractivity contribution is 9.10. The van der Waals surface area contributed by atoms with Gasteiger partial charge in [-0.1, -0.05) is 24.3 Å². The first kappa shape index (κ1) is 27.0. The van der Waals surface area contributed by atoms with Crippen molar-refractivity contribution in [3.05, 3.63) is 76.3 Å². The summed E-state index contributed by atoms with van der Waals surface area (Å²) in [5, 5.41) is 3.98. The number of sulfonamides is 1. The number of ether oxygens (including phenoxy) is 3. The van der Waals surface area contributed by atoms with Gasteiger partial charge in [0.2, 0.25) is 0 Å².